The molecule has 11 heteroatoms. The average Bonchev–Trinajstić information content (AvgIpc) is 3.46. The van der Waals surface area contributed by atoms with Crippen LogP contribution in [0.25, 0.3) is 0 Å². The first-order valence-electron chi connectivity index (χ1n) is 33.6. The molecular weight excluding hydrogens is 1000 g/mol. The van der Waals surface area contributed by atoms with Crippen LogP contribution in [0.5, 0.6) is 0 Å². The Bertz CT molecular complexity index is 1510. The van der Waals surface area contributed by atoms with Gasteiger partial charge in [0.15, 0.2) is 6.29 Å². The summed E-state index contributed by atoms with van der Waals surface area (Å²) in [6.07, 6.45) is 66.3. The van der Waals surface area contributed by atoms with Gasteiger partial charge in [0, 0.05) is 12.8 Å². The Morgan fingerprint density at radius 3 is 1.35 bits per heavy atom. The van der Waals surface area contributed by atoms with E-state index in [-0.39, 0.29) is 18.5 Å². The van der Waals surface area contributed by atoms with Gasteiger partial charge in [-0.2, -0.15) is 0 Å². The zero-order valence-corrected chi connectivity index (χ0v) is 51.5. The number of nitrogens with one attached hydrogen (secondary N) is 1. The second-order valence-corrected chi connectivity index (χ2v) is 23.2. The van der Waals surface area contributed by atoms with Gasteiger partial charge in [0.2, 0.25) is 5.91 Å². The Labute approximate surface area is 490 Å². The van der Waals surface area contributed by atoms with Crippen molar-refractivity contribution in [1.29, 1.82) is 0 Å². The van der Waals surface area contributed by atoms with Crippen LogP contribution in [-0.2, 0) is 23.8 Å². The fraction of sp³-hybridized carbons (Fsp3) is 0.826. The van der Waals surface area contributed by atoms with Gasteiger partial charge in [0.05, 0.1) is 32.0 Å². The summed E-state index contributed by atoms with van der Waals surface area (Å²) in [5, 5.41) is 54.4. The van der Waals surface area contributed by atoms with E-state index < -0.39 is 49.5 Å². The van der Waals surface area contributed by atoms with Crippen LogP contribution in [0, 0.1) is 0 Å². The maximum absolute atomic E-state index is 13.0. The van der Waals surface area contributed by atoms with Crippen molar-refractivity contribution >= 4 is 11.9 Å². The second kappa shape index (κ2) is 58.1. The third-order valence-corrected chi connectivity index (χ3v) is 15.6. The summed E-state index contributed by atoms with van der Waals surface area (Å²) in [6, 6.07) is -0.836. The third kappa shape index (κ3) is 46.8. The molecule has 0 aliphatic carbocycles. The van der Waals surface area contributed by atoms with Crippen molar-refractivity contribution in [3.8, 4) is 0 Å². The molecule has 1 amide bonds. The van der Waals surface area contributed by atoms with Gasteiger partial charge in [-0.1, -0.05) is 267 Å². The van der Waals surface area contributed by atoms with E-state index in [0.29, 0.717) is 19.4 Å². The predicted molar refractivity (Wildman–Crippen MR) is 333 cm³/mol. The van der Waals surface area contributed by atoms with E-state index in [1.807, 2.05) is 6.08 Å². The Hall–Kier alpha value is -2.64. The highest BCUT2D eigenvalue weighted by Crippen LogP contribution is 2.23. The topological polar surface area (TPSA) is 175 Å². The van der Waals surface area contributed by atoms with E-state index in [2.05, 4.69) is 67.8 Å². The van der Waals surface area contributed by atoms with E-state index in [4.69, 9.17) is 14.2 Å². The van der Waals surface area contributed by atoms with Gasteiger partial charge in [-0.3, -0.25) is 9.59 Å². The number of unbranched alkanes of at least 4 members (excludes halogenated alkanes) is 36. The minimum absolute atomic E-state index is 0.00213. The maximum atomic E-state index is 13.0. The van der Waals surface area contributed by atoms with Crippen LogP contribution >= 0.6 is 0 Å². The van der Waals surface area contributed by atoms with Crippen molar-refractivity contribution in [3.63, 3.8) is 0 Å². The fourth-order valence-electron chi connectivity index (χ4n) is 10.2. The molecule has 1 rings (SSSR count). The Kier molecular flexibility index (Phi) is 54.8. The molecule has 0 bridgehead atoms. The lowest BCUT2D eigenvalue weighted by atomic mass is 9.99. The lowest BCUT2D eigenvalue weighted by molar-refractivity contribution is -0.302. The largest absolute Gasteiger partial charge is 0.466 e. The highest BCUT2D eigenvalue weighted by molar-refractivity contribution is 5.76. The molecular formula is C69H125NO10. The summed E-state index contributed by atoms with van der Waals surface area (Å²) in [5.41, 5.74) is 0. The lowest BCUT2D eigenvalue weighted by Crippen LogP contribution is -2.60. The molecule has 0 aromatic carbocycles. The van der Waals surface area contributed by atoms with Gasteiger partial charge in [-0.15, -0.1) is 0 Å². The summed E-state index contributed by atoms with van der Waals surface area (Å²) >= 11 is 0. The summed E-state index contributed by atoms with van der Waals surface area (Å²) in [6.45, 7) is 4.28. The van der Waals surface area contributed by atoms with Crippen molar-refractivity contribution in [3.05, 3.63) is 60.8 Å². The van der Waals surface area contributed by atoms with Crippen molar-refractivity contribution in [1.82, 2.24) is 5.32 Å². The zero-order valence-electron chi connectivity index (χ0n) is 51.5. The molecule has 0 radical (unpaired) electrons. The van der Waals surface area contributed by atoms with Crippen LogP contribution in [0.4, 0.5) is 0 Å². The molecule has 0 aromatic heterocycles. The molecule has 0 aromatic rings. The predicted octanol–water partition coefficient (Wildman–Crippen LogP) is 16.6. The van der Waals surface area contributed by atoms with Gasteiger partial charge in [-0.25, -0.2) is 0 Å². The Balaban J connectivity index is 2.01. The normalized spacial score (nSPS) is 18.7. The number of carbonyl (C=O) groups is 2. The summed E-state index contributed by atoms with van der Waals surface area (Å²) in [4.78, 5) is 25.1. The monoisotopic (exact) mass is 1130 g/mol. The van der Waals surface area contributed by atoms with Crippen LogP contribution in [0.15, 0.2) is 60.8 Å². The highest BCUT2D eigenvalue weighted by Gasteiger charge is 2.44. The number of hydrogen-bond acceptors (Lipinski definition) is 10. The SMILES string of the molecule is CCCC/C=C/CC/C=C/CC/C=C/C(O)C(COC1OC(CO)C(O)C(O)C1O)NC(=O)CCCCCCCCCCCCCCC/C=C\C/C=C\CCCCCCCCCCCOC(=O)CCCCCCCCCCCCC. The maximum Gasteiger partial charge on any atom is 0.305 e. The van der Waals surface area contributed by atoms with Crippen LogP contribution < -0.4 is 5.32 Å². The molecule has 7 atom stereocenters. The van der Waals surface area contributed by atoms with E-state index in [1.54, 1.807) is 6.08 Å². The van der Waals surface area contributed by atoms with E-state index in [0.717, 1.165) is 77.0 Å². The quantitative estimate of drug-likeness (QED) is 0.0195. The molecule has 1 aliphatic heterocycles. The number of hydrogen-bond donors (Lipinski definition) is 6. The van der Waals surface area contributed by atoms with E-state index in [9.17, 15) is 35.1 Å². The summed E-state index contributed by atoms with van der Waals surface area (Å²) < 4.78 is 16.7. The minimum Gasteiger partial charge on any atom is -0.466 e. The number of rotatable bonds is 58. The van der Waals surface area contributed by atoms with Gasteiger partial charge in [0.1, 0.15) is 24.4 Å². The van der Waals surface area contributed by atoms with E-state index >= 15 is 0 Å². The number of amides is 1. The van der Waals surface area contributed by atoms with Gasteiger partial charge >= 0.3 is 5.97 Å². The number of aliphatic hydroxyl groups excluding tert-OH is 5. The van der Waals surface area contributed by atoms with Crippen LogP contribution in [0.3, 0.4) is 0 Å². The highest BCUT2D eigenvalue weighted by atomic mass is 16.7. The molecule has 1 saturated heterocycles. The molecule has 466 valence electrons. The zero-order chi connectivity index (χ0) is 58.0. The Morgan fingerprint density at radius 2 is 0.863 bits per heavy atom. The molecule has 0 saturated carbocycles. The smallest absolute Gasteiger partial charge is 0.305 e. The van der Waals surface area contributed by atoms with Crippen molar-refractivity contribution in [2.45, 2.75) is 346 Å². The van der Waals surface area contributed by atoms with E-state index in [1.165, 1.54) is 199 Å². The molecule has 1 heterocycles. The van der Waals surface area contributed by atoms with Crippen LogP contribution in [0.2, 0.25) is 0 Å². The standard InChI is InChI=1S/C69H125NO10/c1-3-5-7-9-11-13-15-36-39-43-47-51-55-62(72)61(60-79-69-68(77)67(76)66(75)63(59-71)80-69)70-64(73)56-52-48-44-40-37-33-31-29-27-25-23-21-19-17-16-18-20-22-24-26-28-30-32-34-38-42-46-50-54-58-78-65(74)57-53-49-45-41-35-14-12-10-8-6-4-2/h9,11,16,18,22,24,36,39,51,55,61-63,66-69,71-72,75-77H,3-8,10,12-15,17,19-21,23,25-35,37-38,40-50,52-54,56-60H2,1-2H3,(H,70,73)/b11-9+,18-16-,24-22-,39-36+,55-51+. The second-order valence-electron chi connectivity index (χ2n) is 23.2. The lowest BCUT2D eigenvalue weighted by Gasteiger charge is -2.40. The first-order valence-corrected chi connectivity index (χ1v) is 33.6. The first-order chi connectivity index (χ1) is 39.2. The molecule has 6 N–H and O–H groups in total. The molecule has 1 fully saturated rings. The molecule has 1 aliphatic rings. The molecule has 80 heavy (non-hydrogen) atoms. The van der Waals surface area contributed by atoms with Crippen molar-refractivity contribution < 1.29 is 49.3 Å². The van der Waals surface area contributed by atoms with Crippen molar-refractivity contribution in [2.75, 3.05) is 19.8 Å². The molecule has 11 nitrogen and oxygen atoms in total. The Morgan fingerprint density at radius 1 is 0.463 bits per heavy atom. The number of allylic oxidation sites excluding steroid dienone is 9. The van der Waals surface area contributed by atoms with Crippen molar-refractivity contribution in [2.24, 2.45) is 0 Å². The number of aliphatic hydroxyl groups is 5. The first kappa shape index (κ1) is 75.4. The van der Waals surface area contributed by atoms with Crippen LogP contribution in [-0.4, -0.2) is 100 Å². The number of carbonyl (C=O) groups excluding carboxylic acids is 2. The summed E-state index contributed by atoms with van der Waals surface area (Å²) in [5.74, 6) is -0.196. The van der Waals surface area contributed by atoms with Gasteiger partial charge in [-0.05, 0) is 83.5 Å². The fourth-order valence-corrected chi connectivity index (χ4v) is 10.2. The average molecular weight is 1130 g/mol. The summed E-state index contributed by atoms with van der Waals surface area (Å²) in [7, 11) is 0. The number of ether oxygens (including phenoxy) is 3. The third-order valence-electron chi connectivity index (χ3n) is 15.6. The molecule has 7 unspecified atom stereocenters. The van der Waals surface area contributed by atoms with Gasteiger partial charge < -0.3 is 45.1 Å². The number of esters is 1. The van der Waals surface area contributed by atoms with Gasteiger partial charge in [0.25, 0.3) is 0 Å². The molecule has 0 spiro atoms. The van der Waals surface area contributed by atoms with Crippen LogP contribution in [0.1, 0.15) is 303 Å². The minimum atomic E-state index is -1.58.